The van der Waals surface area contributed by atoms with E-state index in [1.54, 1.807) is 0 Å². The lowest BCUT2D eigenvalue weighted by Crippen LogP contribution is -3.00. The Balaban J connectivity index is 0. The largest absolute Gasteiger partial charge is 1.00 e. The minimum atomic E-state index is 0. The van der Waals surface area contributed by atoms with E-state index in [-0.39, 0.29) is 17.0 Å². The molecule has 4 heteroatoms. The highest BCUT2D eigenvalue weighted by Gasteiger charge is 2.23. The highest BCUT2D eigenvalue weighted by atomic mass is 79.9. The lowest BCUT2D eigenvalue weighted by atomic mass is 10.2. The number of hydrogen-bond donors (Lipinski definition) is 0. The highest BCUT2D eigenvalue weighted by Crippen LogP contribution is 2.21. The summed E-state index contributed by atoms with van der Waals surface area (Å²) >= 11 is 9.59. The van der Waals surface area contributed by atoms with Gasteiger partial charge < -0.3 is 21.5 Å². The maximum atomic E-state index is 6.01. The third kappa shape index (κ3) is 6.63. The van der Waals surface area contributed by atoms with Crippen molar-refractivity contribution in [1.29, 1.82) is 0 Å². The van der Waals surface area contributed by atoms with E-state index in [0.29, 0.717) is 0 Å². The zero-order valence-corrected chi connectivity index (χ0v) is 14.8. The minimum absolute atomic E-state index is 0. The summed E-state index contributed by atoms with van der Waals surface area (Å²) in [5.41, 5.74) is 0. The molecule has 0 N–H and O–H groups in total. The van der Waals surface area contributed by atoms with Gasteiger partial charge in [-0.2, -0.15) is 0 Å². The van der Waals surface area contributed by atoms with E-state index in [2.05, 4.69) is 36.7 Å². The molecule has 0 amide bonds. The summed E-state index contributed by atoms with van der Waals surface area (Å²) in [5, 5.41) is 0.885. The van der Waals surface area contributed by atoms with E-state index in [9.17, 15) is 0 Å². The standard InChI is InChI=1S/C12H24BrClN.BrH/c1-5-8-9-15(6-2,7-3)10-12(13)11(4)14;/h5-10H2,1-4H3;1H/q+1;/p-1/b12-11+;. The molecule has 0 aliphatic heterocycles. The number of nitrogens with zero attached hydrogens (tertiary/aromatic N) is 1. The van der Waals surface area contributed by atoms with Gasteiger partial charge in [-0.05, 0) is 43.1 Å². The Morgan fingerprint density at radius 1 is 1.19 bits per heavy atom. The topological polar surface area (TPSA) is 0 Å². The number of halogens is 3. The van der Waals surface area contributed by atoms with E-state index in [1.165, 1.54) is 32.5 Å². The molecule has 0 radical (unpaired) electrons. The molecule has 0 atom stereocenters. The Labute approximate surface area is 125 Å². The smallest absolute Gasteiger partial charge is 0.112 e. The van der Waals surface area contributed by atoms with Crippen LogP contribution in [0.5, 0.6) is 0 Å². The molecule has 0 unspecified atom stereocenters. The van der Waals surface area contributed by atoms with Gasteiger partial charge in [0.05, 0.1) is 24.1 Å². The summed E-state index contributed by atoms with van der Waals surface area (Å²) in [4.78, 5) is 0. The van der Waals surface area contributed by atoms with Crippen LogP contribution in [0.4, 0.5) is 0 Å². The van der Waals surface area contributed by atoms with Crippen LogP contribution in [-0.2, 0) is 0 Å². The Bertz CT molecular complexity index is 209. The summed E-state index contributed by atoms with van der Waals surface area (Å²) in [5.74, 6) is 0. The van der Waals surface area contributed by atoms with Crippen molar-refractivity contribution in [3.63, 3.8) is 0 Å². The molecular formula is C12H24Br2ClN. The highest BCUT2D eigenvalue weighted by molar-refractivity contribution is 9.11. The van der Waals surface area contributed by atoms with Crippen molar-refractivity contribution >= 4 is 27.5 Å². The molecular weight excluding hydrogens is 353 g/mol. The number of hydrogen-bond acceptors (Lipinski definition) is 0. The molecule has 0 saturated carbocycles. The van der Waals surface area contributed by atoms with Crippen molar-refractivity contribution in [3.8, 4) is 0 Å². The second kappa shape index (κ2) is 9.93. The Hall–Kier alpha value is 0.950. The summed E-state index contributed by atoms with van der Waals surface area (Å²) in [6, 6.07) is 0. The normalized spacial score (nSPS) is 13.1. The van der Waals surface area contributed by atoms with Gasteiger partial charge in [-0.15, -0.1) is 0 Å². The van der Waals surface area contributed by atoms with E-state index in [4.69, 9.17) is 11.6 Å². The first-order valence-electron chi connectivity index (χ1n) is 5.87. The maximum Gasteiger partial charge on any atom is 0.112 e. The fourth-order valence-electron chi connectivity index (χ4n) is 1.74. The van der Waals surface area contributed by atoms with E-state index in [1.807, 2.05) is 6.92 Å². The van der Waals surface area contributed by atoms with E-state index >= 15 is 0 Å². The number of likely N-dealkylation sites (N-methyl/N-ethyl adjacent to an activating group) is 1. The first-order chi connectivity index (χ1) is 7.01. The van der Waals surface area contributed by atoms with Crippen LogP contribution in [0.25, 0.3) is 0 Å². The van der Waals surface area contributed by atoms with Crippen LogP contribution in [0.2, 0.25) is 0 Å². The summed E-state index contributed by atoms with van der Waals surface area (Å²) < 4.78 is 2.29. The second-order valence-corrected chi connectivity index (χ2v) is 5.67. The molecule has 0 aliphatic carbocycles. The fraction of sp³-hybridized carbons (Fsp3) is 0.833. The Morgan fingerprint density at radius 2 is 1.69 bits per heavy atom. The lowest BCUT2D eigenvalue weighted by molar-refractivity contribution is -0.920. The number of allylic oxidation sites excluding steroid dienone is 1. The third-order valence-electron chi connectivity index (χ3n) is 3.18. The lowest BCUT2D eigenvalue weighted by Gasteiger charge is -2.37. The zero-order chi connectivity index (χ0) is 11.9. The molecule has 0 aliphatic rings. The van der Waals surface area contributed by atoms with Crippen molar-refractivity contribution in [2.75, 3.05) is 26.2 Å². The summed E-state index contributed by atoms with van der Waals surface area (Å²) in [7, 11) is 0. The Morgan fingerprint density at radius 3 is 2.00 bits per heavy atom. The van der Waals surface area contributed by atoms with Gasteiger partial charge in [0.15, 0.2) is 0 Å². The van der Waals surface area contributed by atoms with Crippen LogP contribution in [0.15, 0.2) is 9.51 Å². The van der Waals surface area contributed by atoms with Crippen LogP contribution in [-0.4, -0.2) is 30.7 Å². The minimum Gasteiger partial charge on any atom is -1.00 e. The number of rotatable bonds is 7. The third-order valence-corrected chi connectivity index (χ3v) is 4.48. The van der Waals surface area contributed by atoms with Gasteiger partial charge in [-0.25, -0.2) is 0 Å². The van der Waals surface area contributed by atoms with Crippen molar-refractivity contribution in [3.05, 3.63) is 9.51 Å². The van der Waals surface area contributed by atoms with Crippen LogP contribution in [0.1, 0.15) is 40.5 Å². The molecule has 0 bridgehead atoms. The predicted octanol–water partition coefficient (Wildman–Crippen LogP) is 1.51. The molecule has 0 spiro atoms. The quantitative estimate of drug-likeness (QED) is 0.590. The molecule has 1 nitrogen and oxygen atoms in total. The monoisotopic (exact) mass is 375 g/mol. The van der Waals surface area contributed by atoms with Gasteiger partial charge in [0.1, 0.15) is 6.54 Å². The molecule has 0 aromatic carbocycles. The average Bonchev–Trinajstić information content (AvgIpc) is 2.24. The molecule has 0 heterocycles. The first kappa shape index (κ1) is 19.3. The fourth-order valence-corrected chi connectivity index (χ4v) is 2.33. The van der Waals surface area contributed by atoms with Gasteiger partial charge in [0.2, 0.25) is 0 Å². The SMILES string of the molecule is CCCC[N+](CC)(CC)C/C(Br)=C(/C)Cl.[Br-]. The molecule has 0 aromatic heterocycles. The Kier molecular flexibility index (Phi) is 12.0. The van der Waals surface area contributed by atoms with Crippen molar-refractivity contribution in [2.45, 2.75) is 40.5 Å². The second-order valence-electron chi connectivity index (χ2n) is 4.15. The van der Waals surface area contributed by atoms with Gasteiger partial charge in [0, 0.05) is 5.03 Å². The molecule has 16 heavy (non-hydrogen) atoms. The van der Waals surface area contributed by atoms with Crippen molar-refractivity contribution in [1.82, 2.24) is 0 Å². The van der Waals surface area contributed by atoms with Gasteiger partial charge in [-0.3, -0.25) is 0 Å². The zero-order valence-electron chi connectivity index (χ0n) is 10.8. The van der Waals surface area contributed by atoms with Crippen LogP contribution >= 0.6 is 27.5 Å². The van der Waals surface area contributed by atoms with Crippen molar-refractivity contribution < 1.29 is 21.5 Å². The molecule has 98 valence electrons. The average molecular weight is 378 g/mol. The number of unbranched alkanes of at least 4 members (excludes halogenated alkanes) is 1. The number of quaternary nitrogens is 1. The predicted molar refractivity (Wildman–Crippen MR) is 73.5 cm³/mol. The van der Waals surface area contributed by atoms with Crippen molar-refractivity contribution in [2.24, 2.45) is 0 Å². The molecule has 0 saturated heterocycles. The molecule has 0 aromatic rings. The first-order valence-corrected chi connectivity index (χ1v) is 7.04. The van der Waals surface area contributed by atoms with Gasteiger partial charge in [-0.1, -0.05) is 24.9 Å². The molecule has 0 fully saturated rings. The summed E-state index contributed by atoms with van der Waals surface area (Å²) in [6.07, 6.45) is 2.56. The van der Waals surface area contributed by atoms with E-state index < -0.39 is 0 Å². The van der Waals surface area contributed by atoms with Crippen LogP contribution in [0, 0.1) is 0 Å². The van der Waals surface area contributed by atoms with Crippen LogP contribution in [0.3, 0.4) is 0 Å². The summed E-state index contributed by atoms with van der Waals surface area (Å²) in [6.45, 7) is 13.4. The molecule has 0 rings (SSSR count). The van der Waals surface area contributed by atoms with Crippen LogP contribution < -0.4 is 17.0 Å². The van der Waals surface area contributed by atoms with Gasteiger partial charge >= 0.3 is 0 Å². The maximum absolute atomic E-state index is 6.01. The van der Waals surface area contributed by atoms with E-state index in [0.717, 1.165) is 20.5 Å². The van der Waals surface area contributed by atoms with Gasteiger partial charge in [0.25, 0.3) is 0 Å².